The predicted octanol–water partition coefficient (Wildman–Crippen LogP) is 3.59. The molecule has 0 spiro atoms. The van der Waals surface area contributed by atoms with E-state index in [0.717, 1.165) is 23.3 Å². The van der Waals surface area contributed by atoms with E-state index in [9.17, 15) is 23.5 Å². The van der Waals surface area contributed by atoms with Gasteiger partial charge in [-0.1, -0.05) is 42.5 Å². The number of rotatable bonds is 14. The van der Waals surface area contributed by atoms with Crippen molar-refractivity contribution in [2.45, 2.75) is 44.4 Å². The molecule has 2 amide bonds. The first-order valence-corrected chi connectivity index (χ1v) is 13.7. The van der Waals surface area contributed by atoms with Crippen LogP contribution in [0.25, 0.3) is 0 Å². The Morgan fingerprint density at radius 1 is 0.977 bits per heavy atom. The number of benzene rings is 3. The Morgan fingerprint density at radius 2 is 1.67 bits per heavy atom. The predicted molar refractivity (Wildman–Crippen MR) is 155 cm³/mol. The molecule has 0 radical (unpaired) electrons. The number of likely N-dealkylation sites (N-methyl/N-ethyl adjacent to an activating group) is 1. The minimum atomic E-state index is -1.70. The monoisotopic (exact) mass is 592 g/mol. The first-order chi connectivity index (χ1) is 20.6. The van der Waals surface area contributed by atoms with Gasteiger partial charge in [0.15, 0.2) is 0 Å². The first kappa shape index (κ1) is 31.4. The van der Waals surface area contributed by atoms with Crippen molar-refractivity contribution in [3.63, 3.8) is 0 Å². The maximum absolute atomic E-state index is 14.7. The molecule has 3 aromatic carbocycles. The largest absolute Gasteiger partial charge is 0.382 e. The maximum atomic E-state index is 14.7. The molecule has 1 heterocycles. The first-order valence-electron chi connectivity index (χ1n) is 13.7. The fraction of sp³-hybridized carbons (Fsp3) is 0.290. The van der Waals surface area contributed by atoms with E-state index in [-0.39, 0.29) is 31.0 Å². The van der Waals surface area contributed by atoms with Gasteiger partial charge in [-0.3, -0.25) is 19.7 Å². The molecule has 4 rings (SSSR count). The number of amides is 2. The summed E-state index contributed by atoms with van der Waals surface area (Å²) >= 11 is 0. The third kappa shape index (κ3) is 9.23. The number of nitrogens with zero attached hydrogens (tertiary/aromatic N) is 4. The van der Waals surface area contributed by atoms with Crippen LogP contribution in [0.5, 0.6) is 0 Å². The minimum Gasteiger partial charge on any atom is -0.382 e. The van der Waals surface area contributed by atoms with Crippen LogP contribution in [-0.2, 0) is 41.1 Å². The Morgan fingerprint density at radius 3 is 2.33 bits per heavy atom. The third-order valence-corrected chi connectivity index (χ3v) is 6.93. The summed E-state index contributed by atoms with van der Waals surface area (Å²) in [6, 6.07) is 17.9. The normalized spacial score (nSPS) is 12.6. The van der Waals surface area contributed by atoms with Crippen molar-refractivity contribution in [1.82, 2.24) is 25.1 Å². The van der Waals surface area contributed by atoms with Gasteiger partial charge in [0.1, 0.15) is 29.9 Å². The molecule has 4 aromatic rings. The molecule has 4 N–H and O–H groups in total. The number of hydrogen-bond donors (Lipinski definition) is 4. The number of carbonyl (C=O) groups is 2. The van der Waals surface area contributed by atoms with E-state index in [1.165, 1.54) is 23.4 Å². The van der Waals surface area contributed by atoms with Crippen molar-refractivity contribution < 1.29 is 28.7 Å². The Kier molecular flexibility index (Phi) is 10.7. The van der Waals surface area contributed by atoms with Crippen molar-refractivity contribution in [2.75, 3.05) is 18.9 Å². The average molecular weight is 593 g/mol. The smallest absolute Gasteiger partial charge is 0.247 e. The van der Waals surface area contributed by atoms with E-state index < -0.39 is 23.1 Å². The lowest BCUT2D eigenvalue weighted by atomic mass is 9.92. The van der Waals surface area contributed by atoms with Crippen LogP contribution in [0.4, 0.5) is 14.5 Å². The number of aromatic nitrogens is 3. The van der Waals surface area contributed by atoms with Gasteiger partial charge in [-0.15, -0.1) is 0 Å². The van der Waals surface area contributed by atoms with E-state index >= 15 is 0 Å². The zero-order valence-electron chi connectivity index (χ0n) is 23.7. The lowest BCUT2D eigenvalue weighted by Crippen LogP contribution is -2.43. The zero-order chi connectivity index (χ0) is 30.8. The Hall–Kier alpha value is -4.52. The fourth-order valence-corrected chi connectivity index (χ4v) is 4.90. The van der Waals surface area contributed by atoms with Gasteiger partial charge in [0.25, 0.3) is 0 Å². The quantitative estimate of drug-likeness (QED) is 0.130. The van der Waals surface area contributed by atoms with Gasteiger partial charge in [0, 0.05) is 36.8 Å². The number of aryl methyl sites for hydroxylation is 1. The van der Waals surface area contributed by atoms with Crippen LogP contribution < -0.4 is 10.8 Å². The summed E-state index contributed by atoms with van der Waals surface area (Å²) in [6.07, 6.45) is 4.49. The molecule has 0 aliphatic heterocycles. The summed E-state index contributed by atoms with van der Waals surface area (Å²) < 4.78 is 29.7. The molecule has 12 heteroatoms. The van der Waals surface area contributed by atoms with Crippen LogP contribution >= 0.6 is 0 Å². The van der Waals surface area contributed by atoms with E-state index in [0.29, 0.717) is 37.1 Å². The van der Waals surface area contributed by atoms with Crippen LogP contribution in [0.2, 0.25) is 0 Å². The van der Waals surface area contributed by atoms with Gasteiger partial charge < -0.3 is 10.4 Å². The van der Waals surface area contributed by atoms with Gasteiger partial charge in [0.2, 0.25) is 11.8 Å². The highest BCUT2D eigenvalue weighted by atomic mass is 19.1. The fourth-order valence-electron chi connectivity index (χ4n) is 4.90. The third-order valence-electron chi connectivity index (χ3n) is 6.93. The van der Waals surface area contributed by atoms with Crippen LogP contribution in [-0.4, -0.2) is 55.4 Å². The molecule has 1 unspecified atom stereocenters. The van der Waals surface area contributed by atoms with Crippen molar-refractivity contribution in [1.29, 1.82) is 0 Å². The summed E-state index contributed by atoms with van der Waals surface area (Å²) in [5.41, 5.74) is 3.25. The Balaban J connectivity index is 1.27. The van der Waals surface area contributed by atoms with Gasteiger partial charge >= 0.3 is 0 Å². The zero-order valence-corrected chi connectivity index (χ0v) is 23.7. The lowest BCUT2D eigenvalue weighted by Gasteiger charge is -2.33. The highest BCUT2D eigenvalue weighted by Gasteiger charge is 2.35. The lowest BCUT2D eigenvalue weighted by molar-refractivity contribution is -0.128. The Bertz CT molecular complexity index is 1500. The standard InChI is InChI=1S/C31H34F2N6O4/c1-38(18-31(42,19-39-21-34-20-35-39)27-14-11-25(32)16-28(27)33)17-24-7-5-22(6-8-24)3-2-4-29(40)36-26-12-9-23(10-13-26)15-30(41)37-43/h5-14,16,20-21,42-43H,2-4,15,17-19H2,1H3,(H,36,40)(H,37,41). The summed E-state index contributed by atoms with van der Waals surface area (Å²) in [4.78, 5) is 29.3. The summed E-state index contributed by atoms with van der Waals surface area (Å²) in [5, 5.41) is 27.0. The number of hydrogen-bond acceptors (Lipinski definition) is 7. The number of halogens is 2. The van der Waals surface area contributed by atoms with E-state index in [1.807, 2.05) is 29.2 Å². The van der Waals surface area contributed by atoms with Crippen molar-refractivity contribution in [2.24, 2.45) is 0 Å². The molecule has 1 atom stereocenters. The second-order valence-corrected chi connectivity index (χ2v) is 10.5. The molecule has 0 saturated heterocycles. The van der Waals surface area contributed by atoms with Crippen LogP contribution in [0.15, 0.2) is 79.4 Å². The minimum absolute atomic E-state index is 0.0280. The average Bonchev–Trinajstić information content (AvgIpc) is 3.47. The van der Waals surface area contributed by atoms with Crippen molar-refractivity contribution >= 4 is 17.5 Å². The SMILES string of the molecule is CN(Cc1ccc(CCCC(=O)Nc2ccc(CC(=O)NO)cc2)cc1)CC(O)(Cn1cncn1)c1ccc(F)cc1F. The highest BCUT2D eigenvalue weighted by molar-refractivity contribution is 5.90. The van der Waals surface area contributed by atoms with Gasteiger partial charge in [-0.25, -0.2) is 23.9 Å². The number of aliphatic hydroxyl groups is 1. The highest BCUT2D eigenvalue weighted by Crippen LogP contribution is 2.28. The van der Waals surface area contributed by atoms with E-state index in [2.05, 4.69) is 15.4 Å². The molecular weight excluding hydrogens is 558 g/mol. The molecule has 43 heavy (non-hydrogen) atoms. The summed E-state index contributed by atoms with van der Waals surface area (Å²) in [7, 11) is 1.81. The van der Waals surface area contributed by atoms with E-state index in [1.54, 1.807) is 36.8 Å². The number of anilines is 1. The number of hydroxylamine groups is 1. The molecule has 226 valence electrons. The molecule has 10 nitrogen and oxygen atoms in total. The van der Waals surface area contributed by atoms with Gasteiger partial charge in [-0.2, -0.15) is 5.10 Å². The van der Waals surface area contributed by atoms with Crippen molar-refractivity contribution in [3.05, 3.63) is 113 Å². The second-order valence-electron chi connectivity index (χ2n) is 10.5. The maximum Gasteiger partial charge on any atom is 0.247 e. The Labute approximate surface area is 248 Å². The van der Waals surface area contributed by atoms with Crippen LogP contribution in [0, 0.1) is 11.6 Å². The number of nitrogens with one attached hydrogen (secondary N) is 2. The van der Waals surface area contributed by atoms with Crippen LogP contribution in [0.3, 0.4) is 0 Å². The second kappa shape index (κ2) is 14.6. The van der Waals surface area contributed by atoms with Gasteiger partial charge in [0.05, 0.1) is 13.0 Å². The molecule has 0 bridgehead atoms. The summed E-state index contributed by atoms with van der Waals surface area (Å²) in [6.45, 7) is 0.447. The molecule has 0 saturated carbocycles. The summed E-state index contributed by atoms with van der Waals surface area (Å²) in [5.74, 6) is -2.19. The molecule has 1 aromatic heterocycles. The number of carbonyl (C=O) groups excluding carboxylic acids is 2. The van der Waals surface area contributed by atoms with Gasteiger partial charge in [-0.05, 0) is 54.8 Å². The molecule has 0 aliphatic rings. The van der Waals surface area contributed by atoms with E-state index in [4.69, 9.17) is 5.21 Å². The van der Waals surface area contributed by atoms with Crippen LogP contribution in [0.1, 0.15) is 35.1 Å². The molecular formula is C31H34F2N6O4. The topological polar surface area (TPSA) is 133 Å². The molecule has 0 fully saturated rings. The molecule has 0 aliphatic carbocycles. The van der Waals surface area contributed by atoms with Crippen molar-refractivity contribution in [3.8, 4) is 0 Å².